The van der Waals surface area contributed by atoms with Gasteiger partial charge in [-0.15, -0.1) is 6.58 Å². The maximum absolute atomic E-state index is 12.4. The molecule has 0 rings (SSSR count). The second-order valence-corrected chi connectivity index (χ2v) is 2.46. The fourth-order valence-electron chi connectivity index (χ4n) is 0.546. The summed E-state index contributed by atoms with van der Waals surface area (Å²) < 4.78 is 83.7. The Morgan fingerprint density at radius 2 is 1.36 bits per heavy atom. The Hall–Kier alpha value is -0.790. The van der Waals surface area contributed by atoms with Gasteiger partial charge in [-0.2, -0.15) is 30.7 Å². The monoisotopic (exact) mass is 225 g/mol. The van der Waals surface area contributed by atoms with E-state index in [-0.39, 0.29) is 6.08 Å². The first-order valence-electron chi connectivity index (χ1n) is 3.19. The summed E-state index contributed by atoms with van der Waals surface area (Å²) in [5, 5.41) is 0. The first kappa shape index (κ1) is 13.2. The molecule has 0 heterocycles. The van der Waals surface area contributed by atoms with Crippen LogP contribution in [0.1, 0.15) is 0 Å². The number of rotatable bonds is 3. The fraction of sp³-hybridized carbons (Fsp3) is 0.667. The molecule has 0 spiro atoms. The maximum Gasteiger partial charge on any atom is 0.459 e. The molecule has 0 aliphatic heterocycles. The van der Waals surface area contributed by atoms with Crippen LogP contribution in [0.15, 0.2) is 12.7 Å². The lowest BCUT2D eigenvalue weighted by Gasteiger charge is -2.30. The number of nitrogens with two attached hydrogens (primary N) is 1. The van der Waals surface area contributed by atoms with Crippen molar-refractivity contribution in [3.05, 3.63) is 12.7 Å². The van der Waals surface area contributed by atoms with Crippen molar-refractivity contribution >= 4 is 0 Å². The topological polar surface area (TPSA) is 26.0 Å². The molecule has 8 heteroatoms. The Balaban J connectivity index is 5.17. The van der Waals surface area contributed by atoms with Gasteiger partial charge in [0.05, 0.1) is 6.04 Å². The van der Waals surface area contributed by atoms with Crippen molar-refractivity contribution in [2.45, 2.75) is 24.1 Å². The molecule has 1 nitrogen and oxygen atoms in total. The fourth-order valence-corrected chi connectivity index (χ4v) is 0.546. The highest BCUT2D eigenvalue weighted by molar-refractivity contribution is 5.04. The highest BCUT2D eigenvalue weighted by Gasteiger charge is 2.74. The SMILES string of the molecule is C=C[C@@H](N)C(F)(F)C(F)(F)C(F)(F)F. The Bertz CT molecular complexity index is 219. The number of alkyl halides is 7. The van der Waals surface area contributed by atoms with Crippen LogP contribution < -0.4 is 5.73 Å². The van der Waals surface area contributed by atoms with Crippen molar-refractivity contribution in [1.82, 2.24) is 0 Å². The van der Waals surface area contributed by atoms with Gasteiger partial charge in [0.2, 0.25) is 0 Å². The van der Waals surface area contributed by atoms with Crippen LogP contribution >= 0.6 is 0 Å². The van der Waals surface area contributed by atoms with Gasteiger partial charge in [0.1, 0.15) is 0 Å². The molecule has 0 aliphatic rings. The van der Waals surface area contributed by atoms with E-state index in [9.17, 15) is 30.7 Å². The number of halogens is 7. The van der Waals surface area contributed by atoms with E-state index < -0.39 is 24.1 Å². The van der Waals surface area contributed by atoms with E-state index in [2.05, 4.69) is 12.3 Å². The lowest BCUT2D eigenvalue weighted by Crippen LogP contribution is -2.59. The van der Waals surface area contributed by atoms with Gasteiger partial charge in [0.25, 0.3) is 0 Å². The minimum atomic E-state index is -6.35. The second kappa shape index (κ2) is 3.41. The Morgan fingerprint density at radius 1 is 1.00 bits per heavy atom. The van der Waals surface area contributed by atoms with Crippen LogP contribution in [0.2, 0.25) is 0 Å². The van der Waals surface area contributed by atoms with Gasteiger partial charge in [0.15, 0.2) is 0 Å². The number of hydrogen-bond donors (Lipinski definition) is 1. The molecule has 0 aliphatic carbocycles. The Labute approximate surface area is 74.4 Å². The van der Waals surface area contributed by atoms with Crippen LogP contribution in [-0.4, -0.2) is 24.1 Å². The van der Waals surface area contributed by atoms with Crippen LogP contribution in [0.5, 0.6) is 0 Å². The lowest BCUT2D eigenvalue weighted by atomic mass is 10.0. The van der Waals surface area contributed by atoms with Crippen molar-refractivity contribution in [3.8, 4) is 0 Å². The summed E-state index contributed by atoms with van der Waals surface area (Å²) in [4.78, 5) is 0. The van der Waals surface area contributed by atoms with Crippen LogP contribution in [0, 0.1) is 0 Å². The average molecular weight is 225 g/mol. The zero-order chi connectivity index (χ0) is 11.8. The lowest BCUT2D eigenvalue weighted by molar-refractivity contribution is -0.356. The normalized spacial score (nSPS) is 16.6. The molecular formula is C6H6F7N. The quantitative estimate of drug-likeness (QED) is 0.579. The molecule has 0 aromatic rings. The van der Waals surface area contributed by atoms with E-state index in [1.807, 2.05) is 0 Å². The van der Waals surface area contributed by atoms with Gasteiger partial charge in [0, 0.05) is 0 Å². The molecule has 84 valence electrons. The van der Waals surface area contributed by atoms with Gasteiger partial charge in [-0.1, -0.05) is 6.08 Å². The third-order valence-corrected chi connectivity index (χ3v) is 1.45. The third kappa shape index (κ3) is 1.84. The predicted molar refractivity (Wildman–Crippen MR) is 34.1 cm³/mol. The van der Waals surface area contributed by atoms with Crippen molar-refractivity contribution in [1.29, 1.82) is 0 Å². The molecule has 0 amide bonds. The summed E-state index contributed by atoms with van der Waals surface area (Å²) in [5.74, 6) is -11.6. The van der Waals surface area contributed by atoms with E-state index in [1.165, 1.54) is 0 Å². The second-order valence-electron chi connectivity index (χ2n) is 2.46. The first-order chi connectivity index (χ1) is 5.98. The molecule has 1 atom stereocenters. The van der Waals surface area contributed by atoms with Crippen molar-refractivity contribution < 1.29 is 30.7 Å². The molecular weight excluding hydrogens is 219 g/mol. The zero-order valence-electron chi connectivity index (χ0n) is 6.58. The van der Waals surface area contributed by atoms with Gasteiger partial charge in [-0.25, -0.2) is 0 Å². The van der Waals surface area contributed by atoms with Gasteiger partial charge in [-0.3, -0.25) is 0 Å². The van der Waals surface area contributed by atoms with Crippen molar-refractivity contribution in [2.24, 2.45) is 5.73 Å². The minimum Gasteiger partial charge on any atom is -0.319 e. The summed E-state index contributed by atoms with van der Waals surface area (Å²) in [6, 6.07) is -2.76. The molecule has 0 unspecified atom stereocenters. The molecule has 0 aromatic carbocycles. The highest BCUT2D eigenvalue weighted by Crippen LogP contribution is 2.47. The van der Waals surface area contributed by atoms with Crippen LogP contribution in [0.3, 0.4) is 0 Å². The Morgan fingerprint density at radius 3 is 1.57 bits per heavy atom. The third-order valence-electron chi connectivity index (χ3n) is 1.45. The molecule has 0 radical (unpaired) electrons. The van der Waals surface area contributed by atoms with Crippen molar-refractivity contribution in [2.75, 3.05) is 0 Å². The summed E-state index contributed by atoms with van der Waals surface area (Å²) in [6.45, 7) is 2.62. The predicted octanol–water partition coefficient (Wildman–Crippen LogP) is 2.33. The molecule has 0 fully saturated rings. The first-order valence-corrected chi connectivity index (χ1v) is 3.19. The molecule has 0 saturated carbocycles. The zero-order valence-corrected chi connectivity index (χ0v) is 6.58. The van der Waals surface area contributed by atoms with Crippen LogP contribution in [0.25, 0.3) is 0 Å². The van der Waals surface area contributed by atoms with Gasteiger partial charge >= 0.3 is 18.0 Å². The molecule has 0 saturated heterocycles. The summed E-state index contributed by atoms with van der Waals surface area (Å²) in [7, 11) is 0. The van der Waals surface area contributed by atoms with Crippen LogP contribution in [-0.2, 0) is 0 Å². The van der Waals surface area contributed by atoms with Gasteiger partial charge < -0.3 is 5.73 Å². The summed E-state index contributed by atoms with van der Waals surface area (Å²) >= 11 is 0. The highest BCUT2D eigenvalue weighted by atomic mass is 19.4. The minimum absolute atomic E-state index is 0.125. The van der Waals surface area contributed by atoms with E-state index in [4.69, 9.17) is 0 Å². The molecule has 14 heavy (non-hydrogen) atoms. The molecule has 2 N–H and O–H groups in total. The molecule has 0 bridgehead atoms. The largest absolute Gasteiger partial charge is 0.459 e. The Kier molecular flexibility index (Phi) is 3.22. The maximum atomic E-state index is 12.4. The summed E-state index contributed by atoms with van der Waals surface area (Å²) in [6.07, 6.45) is -6.23. The van der Waals surface area contributed by atoms with Gasteiger partial charge in [-0.05, 0) is 0 Å². The standard InChI is InChI=1S/C6H6F7N/c1-2-3(14)4(7,8)5(9,10)6(11,12)13/h2-3H,1,14H2/t3-/m1/s1. The van der Waals surface area contributed by atoms with E-state index >= 15 is 0 Å². The van der Waals surface area contributed by atoms with Crippen molar-refractivity contribution in [3.63, 3.8) is 0 Å². The van der Waals surface area contributed by atoms with E-state index in [0.29, 0.717) is 0 Å². The average Bonchev–Trinajstić information content (AvgIpc) is 2.00. The molecule has 0 aromatic heterocycles. The summed E-state index contributed by atoms with van der Waals surface area (Å²) in [5.41, 5.74) is 4.39. The van der Waals surface area contributed by atoms with Crippen LogP contribution in [0.4, 0.5) is 30.7 Å². The van der Waals surface area contributed by atoms with E-state index in [1.54, 1.807) is 0 Å². The van der Waals surface area contributed by atoms with E-state index in [0.717, 1.165) is 0 Å². The number of hydrogen-bond acceptors (Lipinski definition) is 1. The smallest absolute Gasteiger partial charge is 0.319 e.